The third-order valence-electron chi connectivity index (χ3n) is 2.21. The Bertz CT molecular complexity index is 258. The topological polar surface area (TPSA) is 99.9 Å². The lowest BCUT2D eigenvalue weighted by atomic mass is 10.2. The number of amides is 2. The summed E-state index contributed by atoms with van der Waals surface area (Å²) in [5.41, 5.74) is 4.83. The van der Waals surface area contributed by atoms with Crippen molar-refractivity contribution in [1.82, 2.24) is 5.32 Å². The molecule has 0 spiro atoms. The molecule has 0 saturated carbocycles. The predicted molar refractivity (Wildman–Crippen MR) is 53.8 cm³/mol. The average molecular weight is 232 g/mol. The Morgan fingerprint density at radius 2 is 1.88 bits per heavy atom. The third kappa shape index (κ3) is 4.35. The lowest BCUT2D eigenvalue weighted by molar-refractivity contribution is -0.0186. The van der Waals surface area contributed by atoms with Crippen LogP contribution in [0.15, 0.2) is 0 Å². The number of carbonyl (C=O) groups is 2. The van der Waals surface area contributed by atoms with E-state index in [1.54, 1.807) is 0 Å². The van der Waals surface area contributed by atoms with E-state index < -0.39 is 12.2 Å². The number of nitrogens with one attached hydrogen (secondary N) is 1. The van der Waals surface area contributed by atoms with Gasteiger partial charge in [-0.25, -0.2) is 9.59 Å². The van der Waals surface area contributed by atoms with Gasteiger partial charge in [-0.3, -0.25) is 0 Å². The first-order valence-corrected chi connectivity index (χ1v) is 5.04. The molecule has 7 nitrogen and oxygen atoms in total. The fraction of sp³-hybridized carbons (Fsp3) is 0.778. The maximum Gasteiger partial charge on any atom is 0.406 e. The zero-order valence-corrected chi connectivity index (χ0v) is 9.10. The first kappa shape index (κ1) is 12.6. The molecular weight excluding hydrogens is 216 g/mol. The van der Waals surface area contributed by atoms with Gasteiger partial charge >= 0.3 is 12.2 Å². The number of hydrogen-bond donors (Lipinski definition) is 2. The van der Waals surface area contributed by atoms with Crippen LogP contribution in [0.25, 0.3) is 0 Å². The van der Waals surface area contributed by atoms with Gasteiger partial charge in [0.05, 0.1) is 12.2 Å². The van der Waals surface area contributed by atoms with Crippen molar-refractivity contribution in [1.29, 1.82) is 0 Å². The number of hydrogen-bond acceptors (Lipinski definition) is 5. The number of carbonyl (C=O) groups excluding carboxylic acids is 2. The molecule has 0 radical (unpaired) electrons. The molecule has 0 unspecified atom stereocenters. The Morgan fingerprint density at radius 1 is 1.31 bits per heavy atom. The second-order valence-electron chi connectivity index (χ2n) is 3.44. The van der Waals surface area contributed by atoms with Gasteiger partial charge in [-0.05, 0) is 12.8 Å². The van der Waals surface area contributed by atoms with Crippen LogP contribution in [0.4, 0.5) is 9.59 Å². The zero-order chi connectivity index (χ0) is 12.0. The monoisotopic (exact) mass is 232 g/mol. The molecule has 1 aliphatic heterocycles. The molecule has 1 saturated heterocycles. The molecular formula is C9H16N2O5. The molecule has 0 aromatic rings. The van der Waals surface area contributed by atoms with E-state index in [1.165, 1.54) is 7.05 Å². The SMILES string of the molecule is CNC(=O)OC[C@@H]1CC[C@H](COC(N)=O)O1. The fourth-order valence-electron chi connectivity index (χ4n) is 1.44. The summed E-state index contributed by atoms with van der Waals surface area (Å²) in [6.07, 6.45) is -0.0718. The molecule has 7 heteroatoms. The highest BCUT2D eigenvalue weighted by atomic mass is 16.6. The highest BCUT2D eigenvalue weighted by Crippen LogP contribution is 2.20. The van der Waals surface area contributed by atoms with Crippen LogP contribution < -0.4 is 11.1 Å². The van der Waals surface area contributed by atoms with Crippen LogP contribution in [0.5, 0.6) is 0 Å². The third-order valence-corrected chi connectivity index (χ3v) is 2.21. The van der Waals surface area contributed by atoms with E-state index >= 15 is 0 Å². The van der Waals surface area contributed by atoms with Gasteiger partial charge in [0.15, 0.2) is 0 Å². The minimum atomic E-state index is -0.811. The van der Waals surface area contributed by atoms with Crippen molar-refractivity contribution in [3.8, 4) is 0 Å². The van der Waals surface area contributed by atoms with E-state index in [1.807, 2.05) is 0 Å². The van der Waals surface area contributed by atoms with Crippen LogP contribution in [-0.2, 0) is 14.2 Å². The van der Waals surface area contributed by atoms with Crippen molar-refractivity contribution in [2.45, 2.75) is 25.0 Å². The summed E-state index contributed by atoms with van der Waals surface area (Å²) in [6.45, 7) is 0.346. The van der Waals surface area contributed by atoms with Crippen molar-refractivity contribution in [3.05, 3.63) is 0 Å². The van der Waals surface area contributed by atoms with Crippen molar-refractivity contribution < 1.29 is 23.8 Å². The number of primary amides is 1. The normalized spacial score (nSPS) is 23.8. The van der Waals surface area contributed by atoms with E-state index in [9.17, 15) is 9.59 Å². The number of ether oxygens (including phenoxy) is 3. The molecule has 0 aliphatic carbocycles. The minimum absolute atomic E-state index is 0.140. The molecule has 1 heterocycles. The fourth-order valence-corrected chi connectivity index (χ4v) is 1.44. The Morgan fingerprint density at radius 3 is 2.38 bits per heavy atom. The van der Waals surface area contributed by atoms with Crippen LogP contribution in [0.3, 0.4) is 0 Å². The van der Waals surface area contributed by atoms with Gasteiger partial charge in [0.2, 0.25) is 0 Å². The van der Waals surface area contributed by atoms with Crippen LogP contribution >= 0.6 is 0 Å². The highest BCUT2D eigenvalue weighted by Gasteiger charge is 2.27. The van der Waals surface area contributed by atoms with E-state index in [0.29, 0.717) is 0 Å². The second-order valence-corrected chi connectivity index (χ2v) is 3.44. The number of rotatable bonds is 4. The quantitative estimate of drug-likeness (QED) is 0.709. The summed E-state index contributed by atoms with van der Waals surface area (Å²) in [5.74, 6) is 0. The first-order valence-electron chi connectivity index (χ1n) is 5.04. The molecule has 3 N–H and O–H groups in total. The van der Waals surface area contributed by atoms with E-state index in [-0.39, 0.29) is 25.4 Å². The predicted octanol–water partition coefficient (Wildman–Crippen LogP) is -0.0147. The van der Waals surface area contributed by atoms with E-state index in [0.717, 1.165) is 12.8 Å². The lowest BCUT2D eigenvalue weighted by Gasteiger charge is -2.13. The molecule has 1 fully saturated rings. The number of alkyl carbamates (subject to hydrolysis) is 1. The smallest absolute Gasteiger partial charge is 0.406 e. The zero-order valence-electron chi connectivity index (χ0n) is 9.10. The van der Waals surface area contributed by atoms with E-state index in [4.69, 9.17) is 15.2 Å². The summed E-state index contributed by atoms with van der Waals surface area (Å²) >= 11 is 0. The summed E-state index contributed by atoms with van der Waals surface area (Å²) in [4.78, 5) is 21.1. The number of nitrogens with two attached hydrogens (primary N) is 1. The largest absolute Gasteiger partial charge is 0.447 e. The summed E-state index contributed by atoms with van der Waals surface area (Å²) < 4.78 is 14.9. The molecule has 1 aliphatic rings. The molecule has 16 heavy (non-hydrogen) atoms. The second kappa shape index (κ2) is 6.16. The maximum absolute atomic E-state index is 10.8. The summed E-state index contributed by atoms with van der Waals surface area (Å²) in [5, 5.41) is 2.34. The molecule has 0 aromatic heterocycles. The van der Waals surface area contributed by atoms with Gasteiger partial charge in [0.1, 0.15) is 13.2 Å². The van der Waals surface area contributed by atoms with Gasteiger partial charge in [0, 0.05) is 7.05 Å². The first-order chi connectivity index (χ1) is 7.61. The van der Waals surface area contributed by atoms with Crippen molar-refractivity contribution in [3.63, 3.8) is 0 Å². The summed E-state index contributed by atoms with van der Waals surface area (Å²) in [6, 6.07) is 0. The van der Waals surface area contributed by atoms with Gasteiger partial charge < -0.3 is 25.3 Å². The standard InChI is InChI=1S/C9H16N2O5/c1-11-9(13)15-5-7-3-2-6(16-7)4-14-8(10)12/h6-7H,2-5H2,1H3,(H2,10,12)(H,11,13)/t6-,7+/m1/s1. The van der Waals surface area contributed by atoms with Crippen molar-refractivity contribution >= 4 is 12.2 Å². The van der Waals surface area contributed by atoms with Crippen LogP contribution in [0, 0.1) is 0 Å². The Hall–Kier alpha value is -1.50. The van der Waals surface area contributed by atoms with Gasteiger partial charge in [-0.1, -0.05) is 0 Å². The van der Waals surface area contributed by atoms with Crippen LogP contribution in [0.2, 0.25) is 0 Å². The van der Waals surface area contributed by atoms with Crippen LogP contribution in [0.1, 0.15) is 12.8 Å². The van der Waals surface area contributed by atoms with Crippen molar-refractivity contribution in [2.24, 2.45) is 5.73 Å². The lowest BCUT2D eigenvalue weighted by Crippen LogP contribution is -2.27. The molecule has 0 aromatic carbocycles. The Kier molecular flexibility index (Phi) is 4.84. The van der Waals surface area contributed by atoms with Gasteiger partial charge in [0.25, 0.3) is 0 Å². The van der Waals surface area contributed by atoms with Gasteiger partial charge in [-0.2, -0.15) is 0 Å². The molecule has 2 amide bonds. The van der Waals surface area contributed by atoms with Crippen molar-refractivity contribution in [2.75, 3.05) is 20.3 Å². The average Bonchev–Trinajstić information content (AvgIpc) is 2.71. The highest BCUT2D eigenvalue weighted by molar-refractivity contribution is 5.66. The molecule has 92 valence electrons. The summed E-state index contributed by atoms with van der Waals surface area (Å²) in [7, 11) is 1.49. The molecule has 0 bridgehead atoms. The molecule has 2 atom stereocenters. The molecule has 1 rings (SSSR count). The van der Waals surface area contributed by atoms with Crippen LogP contribution in [-0.4, -0.2) is 44.7 Å². The Balaban J connectivity index is 2.14. The maximum atomic E-state index is 10.8. The van der Waals surface area contributed by atoms with E-state index in [2.05, 4.69) is 10.1 Å². The Labute approximate surface area is 93.2 Å². The minimum Gasteiger partial charge on any atom is -0.447 e. The van der Waals surface area contributed by atoms with Gasteiger partial charge in [-0.15, -0.1) is 0 Å².